The Morgan fingerprint density at radius 2 is 0.958 bits per heavy atom. The van der Waals surface area contributed by atoms with E-state index in [4.69, 9.17) is 4.98 Å². The van der Waals surface area contributed by atoms with Gasteiger partial charge in [-0.15, -0.1) is 0 Å². The van der Waals surface area contributed by atoms with Gasteiger partial charge in [-0.05, 0) is 52.9 Å². The molecule has 0 aliphatic carbocycles. The van der Waals surface area contributed by atoms with Gasteiger partial charge in [0.15, 0.2) is 0 Å². The van der Waals surface area contributed by atoms with Crippen LogP contribution in [-0.4, -0.2) is 14.0 Å². The Balaban J connectivity index is 1.45. The maximum Gasteiger partial charge on any atom is 0.145 e. The Labute approximate surface area is 277 Å². The molecular weight excluding hydrogens is 583 g/mol. The molecule has 0 saturated carbocycles. The van der Waals surface area contributed by atoms with E-state index in [-0.39, 0.29) is 0 Å². The van der Waals surface area contributed by atoms with Crippen molar-refractivity contribution in [3.63, 3.8) is 0 Å². The second-order valence-electron chi connectivity index (χ2n) is 12.4. The predicted octanol–water partition coefficient (Wildman–Crippen LogP) is 11.7. The molecule has 0 amide bonds. The van der Waals surface area contributed by atoms with Crippen LogP contribution in [0.15, 0.2) is 176 Å². The number of pyridine rings is 1. The number of rotatable bonds is 4. The normalized spacial score (nSPS) is 11.8. The third-order valence-electron chi connectivity index (χ3n) is 9.67. The smallest absolute Gasteiger partial charge is 0.145 e. The van der Waals surface area contributed by atoms with E-state index >= 15 is 0 Å². The summed E-state index contributed by atoms with van der Waals surface area (Å²) < 4.78 is 4.81. The van der Waals surface area contributed by atoms with Crippen molar-refractivity contribution in [3.8, 4) is 39.5 Å². The lowest BCUT2D eigenvalue weighted by molar-refractivity contribution is 1.18. The zero-order valence-electron chi connectivity index (χ0n) is 26.1. The highest BCUT2D eigenvalue weighted by molar-refractivity contribution is 6.22. The SMILES string of the molecule is c1ccc(-c2ccc3c(c2)c2cc4c5ccccc5n(-c5ccccc5)c4cc2n2c(-c4ccccc4)nc(-c4ccccc4)c32)cc1. The van der Waals surface area contributed by atoms with E-state index in [0.717, 1.165) is 39.4 Å². The Hall–Kier alpha value is -6.45. The molecule has 0 fully saturated rings. The lowest BCUT2D eigenvalue weighted by atomic mass is 9.96. The molecular formula is C45H29N3. The van der Waals surface area contributed by atoms with E-state index in [9.17, 15) is 0 Å². The summed E-state index contributed by atoms with van der Waals surface area (Å²) in [4.78, 5) is 5.47. The number of hydrogen-bond acceptors (Lipinski definition) is 1. The number of nitrogens with zero attached hydrogens (tertiary/aromatic N) is 3. The molecule has 3 heteroatoms. The van der Waals surface area contributed by atoms with E-state index in [1.807, 2.05) is 0 Å². The quantitative estimate of drug-likeness (QED) is 0.182. The fourth-order valence-corrected chi connectivity index (χ4v) is 7.53. The first-order valence-electron chi connectivity index (χ1n) is 16.4. The number of imidazole rings is 1. The van der Waals surface area contributed by atoms with Gasteiger partial charge in [0, 0.05) is 38.4 Å². The van der Waals surface area contributed by atoms with Crippen molar-refractivity contribution >= 4 is 49.0 Å². The Bertz CT molecular complexity index is 2800. The minimum absolute atomic E-state index is 0.935. The van der Waals surface area contributed by atoms with Crippen LogP contribution in [0.5, 0.6) is 0 Å². The summed E-state index contributed by atoms with van der Waals surface area (Å²) in [5.74, 6) is 0.935. The van der Waals surface area contributed by atoms with Crippen LogP contribution in [0.2, 0.25) is 0 Å². The largest absolute Gasteiger partial charge is 0.309 e. The van der Waals surface area contributed by atoms with Crippen molar-refractivity contribution in [3.05, 3.63) is 176 Å². The van der Waals surface area contributed by atoms with Gasteiger partial charge in [-0.2, -0.15) is 0 Å². The summed E-state index contributed by atoms with van der Waals surface area (Å²) in [6.45, 7) is 0. The van der Waals surface area contributed by atoms with Crippen molar-refractivity contribution < 1.29 is 0 Å². The summed E-state index contributed by atoms with van der Waals surface area (Å²) >= 11 is 0. The van der Waals surface area contributed by atoms with Crippen LogP contribution in [-0.2, 0) is 0 Å². The maximum atomic E-state index is 5.47. The van der Waals surface area contributed by atoms with Crippen LogP contribution >= 0.6 is 0 Å². The lowest BCUT2D eigenvalue weighted by Crippen LogP contribution is -1.97. The van der Waals surface area contributed by atoms with Crippen LogP contribution in [0, 0.1) is 0 Å². The van der Waals surface area contributed by atoms with Crippen LogP contribution in [0.3, 0.4) is 0 Å². The van der Waals surface area contributed by atoms with E-state index in [1.165, 1.54) is 49.1 Å². The van der Waals surface area contributed by atoms with E-state index < -0.39 is 0 Å². The monoisotopic (exact) mass is 611 g/mol. The molecule has 48 heavy (non-hydrogen) atoms. The standard InChI is InChI=1S/C45H29N3/c1-5-15-30(16-6-1)33-25-26-36-37(27-33)39-28-38-35-23-13-14-24-40(35)47(34-21-11-4-12-22-34)41(38)29-42(39)48-44(36)43(31-17-7-2-8-18-31)46-45(48)32-19-9-3-10-20-32/h1-29H. The zero-order valence-corrected chi connectivity index (χ0v) is 26.1. The third-order valence-corrected chi connectivity index (χ3v) is 9.67. The van der Waals surface area contributed by atoms with Gasteiger partial charge in [0.05, 0.1) is 27.8 Å². The molecule has 0 aliphatic rings. The highest BCUT2D eigenvalue weighted by Gasteiger charge is 2.23. The van der Waals surface area contributed by atoms with Gasteiger partial charge in [-0.25, -0.2) is 4.98 Å². The zero-order chi connectivity index (χ0) is 31.6. The van der Waals surface area contributed by atoms with Gasteiger partial charge in [-0.3, -0.25) is 4.40 Å². The molecule has 0 atom stereocenters. The predicted molar refractivity (Wildman–Crippen MR) is 201 cm³/mol. The van der Waals surface area contributed by atoms with Crippen molar-refractivity contribution in [2.24, 2.45) is 0 Å². The van der Waals surface area contributed by atoms with Crippen LogP contribution in [0.4, 0.5) is 0 Å². The molecule has 3 heterocycles. The summed E-state index contributed by atoms with van der Waals surface area (Å²) in [6, 6.07) is 63.1. The van der Waals surface area contributed by atoms with Gasteiger partial charge in [0.25, 0.3) is 0 Å². The Morgan fingerprint density at radius 1 is 0.354 bits per heavy atom. The molecule has 0 saturated heterocycles. The van der Waals surface area contributed by atoms with Gasteiger partial charge >= 0.3 is 0 Å². The average Bonchev–Trinajstić information content (AvgIpc) is 3.72. The fourth-order valence-electron chi connectivity index (χ4n) is 7.53. The van der Waals surface area contributed by atoms with E-state index in [2.05, 4.69) is 185 Å². The van der Waals surface area contributed by atoms with E-state index in [1.54, 1.807) is 0 Å². The number of benzene rings is 7. The Kier molecular flexibility index (Phi) is 5.87. The van der Waals surface area contributed by atoms with Crippen LogP contribution in [0.1, 0.15) is 0 Å². The maximum absolute atomic E-state index is 5.47. The number of para-hydroxylation sites is 2. The number of hydrogen-bond donors (Lipinski definition) is 0. The molecule has 0 aliphatic heterocycles. The van der Waals surface area contributed by atoms with Crippen LogP contribution < -0.4 is 0 Å². The highest BCUT2D eigenvalue weighted by atomic mass is 15.0. The molecule has 0 bridgehead atoms. The van der Waals surface area contributed by atoms with Gasteiger partial charge in [-0.1, -0.05) is 140 Å². The topological polar surface area (TPSA) is 22.2 Å². The second-order valence-corrected chi connectivity index (χ2v) is 12.4. The summed E-state index contributed by atoms with van der Waals surface area (Å²) in [5, 5.41) is 6.07. The summed E-state index contributed by atoms with van der Waals surface area (Å²) in [7, 11) is 0. The minimum atomic E-state index is 0.935. The molecule has 10 rings (SSSR count). The van der Waals surface area contributed by atoms with Crippen molar-refractivity contribution in [1.29, 1.82) is 0 Å². The third kappa shape index (κ3) is 3.98. The first-order chi connectivity index (χ1) is 23.8. The molecule has 224 valence electrons. The van der Waals surface area contributed by atoms with Crippen molar-refractivity contribution in [2.75, 3.05) is 0 Å². The molecule has 3 nitrogen and oxygen atoms in total. The fraction of sp³-hybridized carbons (Fsp3) is 0. The van der Waals surface area contributed by atoms with Crippen molar-refractivity contribution in [1.82, 2.24) is 14.0 Å². The highest BCUT2D eigenvalue weighted by Crippen LogP contribution is 2.43. The first-order valence-corrected chi connectivity index (χ1v) is 16.4. The molecule has 0 radical (unpaired) electrons. The Morgan fingerprint density at radius 3 is 1.69 bits per heavy atom. The molecule has 0 N–H and O–H groups in total. The molecule has 7 aromatic carbocycles. The molecule has 0 spiro atoms. The second kappa shape index (κ2) is 10.5. The minimum Gasteiger partial charge on any atom is -0.309 e. The average molecular weight is 612 g/mol. The first kappa shape index (κ1) is 26.7. The van der Waals surface area contributed by atoms with Crippen molar-refractivity contribution in [2.45, 2.75) is 0 Å². The van der Waals surface area contributed by atoms with E-state index in [0.29, 0.717) is 0 Å². The number of fused-ring (bicyclic) bond motifs is 9. The molecule has 3 aromatic heterocycles. The van der Waals surface area contributed by atoms with Gasteiger partial charge < -0.3 is 4.57 Å². The van der Waals surface area contributed by atoms with Gasteiger partial charge in [0.1, 0.15) is 5.82 Å². The number of aromatic nitrogens is 3. The van der Waals surface area contributed by atoms with Crippen LogP contribution in [0.25, 0.3) is 88.5 Å². The molecule has 0 unspecified atom stereocenters. The summed E-state index contributed by atoms with van der Waals surface area (Å²) in [6.07, 6.45) is 0. The summed E-state index contributed by atoms with van der Waals surface area (Å²) in [5.41, 5.74) is 11.3. The molecule has 10 aromatic rings. The van der Waals surface area contributed by atoms with Gasteiger partial charge in [0.2, 0.25) is 0 Å². The lowest BCUT2D eigenvalue weighted by Gasteiger charge is -2.15.